The number of rotatable bonds is 2. The molecule has 0 spiro atoms. The molecule has 5 aromatic carbocycles. The van der Waals surface area contributed by atoms with E-state index in [1.54, 1.807) is 15.7 Å². The Bertz CT molecular complexity index is 2220. The lowest BCUT2D eigenvalue weighted by atomic mass is 10.0. The van der Waals surface area contributed by atoms with Crippen LogP contribution in [0.4, 0.5) is 0 Å². The second kappa shape index (κ2) is 7.63. The lowest BCUT2D eigenvalue weighted by molar-refractivity contribution is 1.18. The van der Waals surface area contributed by atoms with Gasteiger partial charge in [-0.3, -0.25) is 4.79 Å². The first-order chi connectivity index (χ1) is 18.3. The zero-order valence-electron chi connectivity index (χ0n) is 19.6. The van der Waals surface area contributed by atoms with Crippen molar-refractivity contribution in [2.75, 3.05) is 0 Å². The minimum atomic E-state index is -0.0228. The number of hydrogen-bond donors (Lipinski definition) is 0. The average molecular weight is 494 g/mol. The van der Waals surface area contributed by atoms with Crippen LogP contribution in [-0.2, 0) is 0 Å². The fourth-order valence-corrected chi connectivity index (χ4v) is 6.48. The molecule has 3 aromatic heterocycles. The SMILES string of the molecule is O=c1c2ccccc2sc2nc3ccc(-c4ccc5c(c4)c4ccccc4n5-c4ccccc4)cc3n12. The Morgan fingerprint density at radius 2 is 1.30 bits per heavy atom. The third-order valence-electron chi connectivity index (χ3n) is 7.17. The first-order valence-corrected chi connectivity index (χ1v) is 13.0. The van der Waals surface area contributed by atoms with E-state index in [1.807, 2.05) is 36.4 Å². The third kappa shape index (κ3) is 2.95. The van der Waals surface area contributed by atoms with E-state index in [4.69, 9.17) is 4.98 Å². The topological polar surface area (TPSA) is 39.3 Å². The fraction of sp³-hybridized carbons (Fsp3) is 0. The maximum Gasteiger partial charge on any atom is 0.266 e. The molecule has 0 atom stereocenters. The zero-order valence-corrected chi connectivity index (χ0v) is 20.4. The number of nitrogens with zero attached hydrogens (tertiary/aromatic N) is 3. The summed E-state index contributed by atoms with van der Waals surface area (Å²) in [4.78, 5) is 18.9. The van der Waals surface area contributed by atoms with Gasteiger partial charge in [0, 0.05) is 21.2 Å². The van der Waals surface area contributed by atoms with Crippen molar-refractivity contribution in [3.8, 4) is 16.8 Å². The van der Waals surface area contributed by atoms with Gasteiger partial charge in [-0.2, -0.15) is 0 Å². The summed E-state index contributed by atoms with van der Waals surface area (Å²) in [6.07, 6.45) is 0. The molecule has 0 N–H and O–H groups in total. The van der Waals surface area contributed by atoms with Crippen molar-refractivity contribution < 1.29 is 0 Å². The molecular weight excluding hydrogens is 474 g/mol. The van der Waals surface area contributed by atoms with Crippen LogP contribution < -0.4 is 5.56 Å². The van der Waals surface area contributed by atoms with Crippen molar-refractivity contribution in [2.24, 2.45) is 0 Å². The quantitative estimate of drug-likeness (QED) is 0.246. The van der Waals surface area contributed by atoms with Crippen LogP contribution in [0.5, 0.6) is 0 Å². The summed E-state index contributed by atoms with van der Waals surface area (Å²) in [7, 11) is 0. The Balaban J connectivity index is 1.38. The highest BCUT2D eigenvalue weighted by Crippen LogP contribution is 2.35. The minimum Gasteiger partial charge on any atom is -0.309 e. The van der Waals surface area contributed by atoms with Gasteiger partial charge < -0.3 is 4.57 Å². The third-order valence-corrected chi connectivity index (χ3v) is 8.20. The highest BCUT2D eigenvalue weighted by Gasteiger charge is 2.15. The molecule has 0 bridgehead atoms. The Morgan fingerprint density at radius 1 is 0.595 bits per heavy atom. The second-order valence-electron chi connectivity index (χ2n) is 9.26. The van der Waals surface area contributed by atoms with Crippen molar-refractivity contribution in [1.82, 2.24) is 14.0 Å². The molecule has 0 unspecified atom stereocenters. The van der Waals surface area contributed by atoms with E-state index in [0.29, 0.717) is 0 Å². The molecule has 0 saturated carbocycles. The van der Waals surface area contributed by atoms with Crippen LogP contribution in [0.3, 0.4) is 0 Å². The normalized spacial score (nSPS) is 11.9. The van der Waals surface area contributed by atoms with Crippen molar-refractivity contribution in [3.63, 3.8) is 0 Å². The van der Waals surface area contributed by atoms with Gasteiger partial charge in [-0.05, 0) is 65.7 Å². The number of imidazole rings is 1. The summed E-state index contributed by atoms with van der Waals surface area (Å²) < 4.78 is 5.03. The zero-order chi connectivity index (χ0) is 24.5. The van der Waals surface area contributed by atoms with Gasteiger partial charge in [0.1, 0.15) is 0 Å². The van der Waals surface area contributed by atoms with Gasteiger partial charge in [0.25, 0.3) is 5.56 Å². The smallest absolute Gasteiger partial charge is 0.266 e. The molecule has 0 amide bonds. The maximum absolute atomic E-state index is 13.4. The largest absolute Gasteiger partial charge is 0.309 e. The number of para-hydroxylation sites is 2. The Labute approximate surface area is 215 Å². The van der Waals surface area contributed by atoms with Crippen molar-refractivity contribution in [3.05, 3.63) is 126 Å². The maximum atomic E-state index is 13.4. The number of benzene rings is 5. The fourth-order valence-electron chi connectivity index (χ4n) is 5.46. The van der Waals surface area contributed by atoms with E-state index in [2.05, 4.69) is 83.4 Å². The van der Waals surface area contributed by atoms with Gasteiger partial charge >= 0.3 is 0 Å². The van der Waals surface area contributed by atoms with Gasteiger partial charge in [-0.25, -0.2) is 9.38 Å². The molecule has 4 nitrogen and oxygen atoms in total. The molecule has 8 rings (SSSR count). The Morgan fingerprint density at radius 3 is 2.19 bits per heavy atom. The summed E-state index contributed by atoms with van der Waals surface area (Å²) >= 11 is 1.55. The molecule has 37 heavy (non-hydrogen) atoms. The van der Waals surface area contributed by atoms with Gasteiger partial charge in [0.2, 0.25) is 0 Å². The molecule has 0 aliphatic rings. The van der Waals surface area contributed by atoms with Crippen LogP contribution in [0.15, 0.2) is 120 Å². The van der Waals surface area contributed by atoms with Crippen LogP contribution in [0.2, 0.25) is 0 Å². The van der Waals surface area contributed by atoms with E-state index in [0.717, 1.165) is 42.9 Å². The molecule has 0 saturated heterocycles. The van der Waals surface area contributed by atoms with E-state index in [9.17, 15) is 4.79 Å². The lowest BCUT2D eigenvalue weighted by Crippen LogP contribution is -2.11. The van der Waals surface area contributed by atoms with E-state index < -0.39 is 0 Å². The molecule has 5 heteroatoms. The highest BCUT2D eigenvalue weighted by molar-refractivity contribution is 7.23. The van der Waals surface area contributed by atoms with Crippen LogP contribution in [-0.4, -0.2) is 14.0 Å². The Hall–Kier alpha value is -4.74. The van der Waals surface area contributed by atoms with Gasteiger partial charge in [0.05, 0.1) is 27.5 Å². The van der Waals surface area contributed by atoms with Crippen molar-refractivity contribution in [1.29, 1.82) is 0 Å². The summed E-state index contributed by atoms with van der Waals surface area (Å²) in [6, 6.07) is 39.6. The summed E-state index contributed by atoms with van der Waals surface area (Å²) in [5.41, 5.74) is 7.31. The standard InChI is InChI=1S/C32H19N3OS/c36-31-24-11-5-7-13-30(24)37-32-33-26-16-14-21(19-29(26)35(31)32)20-15-17-28-25(18-20)23-10-4-6-12-27(23)34(28)22-8-2-1-3-9-22/h1-19H. The van der Waals surface area contributed by atoms with Crippen LogP contribution in [0.25, 0.3) is 64.7 Å². The molecule has 0 radical (unpaired) electrons. The van der Waals surface area contributed by atoms with Crippen LogP contribution in [0, 0.1) is 0 Å². The molecular formula is C32H19N3OS. The summed E-state index contributed by atoms with van der Waals surface area (Å²) in [5, 5.41) is 3.14. The summed E-state index contributed by atoms with van der Waals surface area (Å²) in [5.74, 6) is 0. The first kappa shape index (κ1) is 20.5. The van der Waals surface area contributed by atoms with Gasteiger partial charge in [-0.1, -0.05) is 72.0 Å². The van der Waals surface area contributed by atoms with Crippen molar-refractivity contribution >= 4 is 59.2 Å². The number of aromatic nitrogens is 3. The van der Waals surface area contributed by atoms with E-state index in [1.165, 1.54) is 21.8 Å². The average Bonchev–Trinajstić information content (AvgIpc) is 3.48. The highest BCUT2D eigenvalue weighted by atomic mass is 32.1. The molecule has 0 aliphatic heterocycles. The minimum absolute atomic E-state index is 0.0228. The Kier molecular flexibility index (Phi) is 4.22. The second-order valence-corrected chi connectivity index (χ2v) is 10.3. The van der Waals surface area contributed by atoms with Gasteiger partial charge in [-0.15, -0.1) is 0 Å². The molecule has 0 fully saturated rings. The van der Waals surface area contributed by atoms with Crippen LogP contribution >= 0.6 is 11.3 Å². The molecule has 0 aliphatic carbocycles. The van der Waals surface area contributed by atoms with E-state index >= 15 is 0 Å². The predicted molar refractivity (Wildman–Crippen MR) is 154 cm³/mol. The van der Waals surface area contributed by atoms with Crippen molar-refractivity contribution in [2.45, 2.75) is 0 Å². The number of fused-ring (bicyclic) bond motifs is 7. The number of hydrogen-bond acceptors (Lipinski definition) is 3. The predicted octanol–water partition coefficient (Wildman–Crippen LogP) is 7.83. The lowest BCUT2D eigenvalue weighted by Gasteiger charge is -2.08. The van der Waals surface area contributed by atoms with Crippen LogP contribution in [0.1, 0.15) is 0 Å². The monoisotopic (exact) mass is 493 g/mol. The summed E-state index contributed by atoms with van der Waals surface area (Å²) in [6.45, 7) is 0. The first-order valence-electron chi connectivity index (χ1n) is 12.2. The molecule has 8 aromatic rings. The van der Waals surface area contributed by atoms with Gasteiger partial charge in [0.15, 0.2) is 4.96 Å². The van der Waals surface area contributed by atoms with E-state index in [-0.39, 0.29) is 5.56 Å². The molecule has 174 valence electrons. The molecule has 3 heterocycles.